The second kappa shape index (κ2) is 6.61. The van der Waals surface area contributed by atoms with E-state index in [1.54, 1.807) is 19.1 Å². The summed E-state index contributed by atoms with van der Waals surface area (Å²) in [7, 11) is 1.86. The highest BCUT2D eigenvalue weighted by atomic mass is 32.2. The Hall–Kier alpha value is -2.59. The predicted octanol–water partition coefficient (Wildman–Crippen LogP) is 2.69. The molecule has 0 spiro atoms. The van der Waals surface area contributed by atoms with Crippen LogP contribution in [0.5, 0.6) is 0 Å². The molecule has 0 bridgehead atoms. The molecule has 132 valence electrons. The highest BCUT2D eigenvalue weighted by Crippen LogP contribution is 2.26. The highest BCUT2D eigenvalue weighted by Gasteiger charge is 2.13. The summed E-state index contributed by atoms with van der Waals surface area (Å²) in [4.78, 5) is 16.8. The van der Waals surface area contributed by atoms with E-state index >= 15 is 0 Å². The van der Waals surface area contributed by atoms with Crippen LogP contribution in [0.1, 0.15) is 10.7 Å². The van der Waals surface area contributed by atoms with Crippen LogP contribution in [0.25, 0.3) is 16.3 Å². The molecule has 26 heavy (non-hydrogen) atoms. The third kappa shape index (κ3) is 3.13. The first-order valence-corrected chi connectivity index (χ1v) is 9.46. The van der Waals surface area contributed by atoms with Crippen molar-refractivity contribution >= 4 is 28.1 Å². The maximum Gasteiger partial charge on any atom is 0.275 e. The molecule has 0 fully saturated rings. The monoisotopic (exact) mass is 388 g/mol. The van der Waals surface area contributed by atoms with Gasteiger partial charge in [-0.15, -0.1) is 10.2 Å². The number of hydrogen-bond acceptors (Lipinski definition) is 7. The second-order valence-corrected chi connectivity index (χ2v) is 7.57. The van der Waals surface area contributed by atoms with Crippen LogP contribution in [0.15, 0.2) is 40.3 Å². The lowest BCUT2D eigenvalue weighted by Crippen LogP contribution is -2.14. The van der Waals surface area contributed by atoms with Gasteiger partial charge in [0.05, 0.1) is 5.75 Å². The lowest BCUT2D eigenvalue weighted by Gasteiger charge is -2.03. The van der Waals surface area contributed by atoms with Crippen molar-refractivity contribution in [3.8, 4) is 11.4 Å². The summed E-state index contributed by atoms with van der Waals surface area (Å²) in [6.07, 6.45) is 0. The number of thioether (sulfide) groups is 1. The Labute approximate surface area is 155 Å². The second-order valence-electron chi connectivity index (χ2n) is 5.59. The number of nitrogens with zero attached hydrogens (tertiary/aromatic N) is 6. The van der Waals surface area contributed by atoms with Gasteiger partial charge in [-0.05, 0) is 31.2 Å². The lowest BCUT2D eigenvalue weighted by molar-refractivity contribution is 0.628. The Morgan fingerprint density at radius 3 is 2.77 bits per heavy atom. The largest absolute Gasteiger partial charge is 0.305 e. The summed E-state index contributed by atoms with van der Waals surface area (Å²) in [5.41, 5.74) is 1.28. The molecular formula is C16H13FN6OS2. The lowest BCUT2D eigenvalue weighted by atomic mass is 10.2. The first-order valence-electron chi connectivity index (χ1n) is 7.66. The van der Waals surface area contributed by atoms with E-state index in [0.29, 0.717) is 27.4 Å². The zero-order valence-electron chi connectivity index (χ0n) is 13.9. The van der Waals surface area contributed by atoms with Crippen molar-refractivity contribution < 1.29 is 4.39 Å². The summed E-state index contributed by atoms with van der Waals surface area (Å²) < 4.78 is 16.2. The number of benzene rings is 1. The van der Waals surface area contributed by atoms with E-state index in [-0.39, 0.29) is 11.4 Å². The maximum absolute atomic E-state index is 13.1. The molecule has 0 amide bonds. The van der Waals surface area contributed by atoms with Gasteiger partial charge in [0, 0.05) is 24.4 Å². The minimum absolute atomic E-state index is 0.183. The number of hydrogen-bond donors (Lipinski definition) is 0. The summed E-state index contributed by atoms with van der Waals surface area (Å²) in [5, 5.41) is 14.2. The van der Waals surface area contributed by atoms with Crippen LogP contribution in [0.2, 0.25) is 0 Å². The first-order chi connectivity index (χ1) is 12.5. The van der Waals surface area contributed by atoms with Gasteiger partial charge in [-0.25, -0.2) is 9.37 Å². The van der Waals surface area contributed by atoms with Gasteiger partial charge >= 0.3 is 0 Å². The number of aryl methyl sites for hydroxylation is 1. The van der Waals surface area contributed by atoms with E-state index in [9.17, 15) is 9.18 Å². The average Bonchev–Trinajstić information content (AvgIpc) is 3.17. The minimum Gasteiger partial charge on any atom is -0.305 e. The van der Waals surface area contributed by atoms with Gasteiger partial charge in [-0.2, -0.15) is 9.61 Å². The van der Waals surface area contributed by atoms with Crippen LogP contribution < -0.4 is 5.56 Å². The molecule has 0 N–H and O–H groups in total. The fourth-order valence-electron chi connectivity index (χ4n) is 2.44. The number of fused-ring (bicyclic) bond motifs is 1. The molecule has 0 saturated carbocycles. The first kappa shape index (κ1) is 16.9. The maximum atomic E-state index is 13.1. The van der Waals surface area contributed by atoms with Crippen LogP contribution in [0, 0.1) is 12.7 Å². The zero-order valence-corrected chi connectivity index (χ0v) is 15.5. The van der Waals surface area contributed by atoms with Crippen molar-refractivity contribution in [1.82, 2.24) is 29.4 Å². The van der Waals surface area contributed by atoms with Crippen LogP contribution >= 0.6 is 23.1 Å². The van der Waals surface area contributed by atoms with E-state index in [1.807, 2.05) is 11.6 Å². The van der Waals surface area contributed by atoms with Gasteiger partial charge < -0.3 is 4.57 Å². The van der Waals surface area contributed by atoms with Gasteiger partial charge in [0.15, 0.2) is 11.0 Å². The third-order valence-electron chi connectivity index (χ3n) is 3.68. The van der Waals surface area contributed by atoms with Crippen molar-refractivity contribution in [2.24, 2.45) is 7.05 Å². The Morgan fingerprint density at radius 1 is 1.23 bits per heavy atom. The SMILES string of the molecule is Cc1cc(=O)n2nc(CSc3nnc(-c4ccc(F)cc4)n3C)sc2n1. The van der Waals surface area contributed by atoms with Crippen LogP contribution in [-0.4, -0.2) is 29.4 Å². The van der Waals surface area contributed by atoms with Gasteiger partial charge in [-0.3, -0.25) is 4.79 Å². The molecule has 0 aliphatic rings. The standard InChI is InChI=1S/C16H13FN6OS2/c1-9-7-13(24)23-15(18-9)26-12(21-23)8-25-16-20-19-14(22(16)2)10-3-5-11(17)6-4-10/h3-7H,8H2,1-2H3. The van der Waals surface area contributed by atoms with Crippen molar-refractivity contribution in [3.05, 3.63) is 57.2 Å². The van der Waals surface area contributed by atoms with Crippen molar-refractivity contribution in [3.63, 3.8) is 0 Å². The summed E-state index contributed by atoms with van der Waals surface area (Å²) in [5.74, 6) is 0.910. The molecule has 0 saturated heterocycles. The Bertz CT molecular complexity index is 1150. The number of halogens is 1. The molecule has 3 heterocycles. The number of rotatable bonds is 4. The summed E-state index contributed by atoms with van der Waals surface area (Å²) in [6, 6.07) is 7.58. The van der Waals surface area contributed by atoms with Crippen molar-refractivity contribution in [2.75, 3.05) is 0 Å². The summed E-state index contributed by atoms with van der Waals surface area (Å²) in [6.45, 7) is 1.78. The fraction of sp³-hybridized carbons (Fsp3) is 0.188. The molecular weight excluding hydrogens is 375 g/mol. The minimum atomic E-state index is -0.291. The molecule has 3 aromatic heterocycles. The molecule has 0 aliphatic heterocycles. The van der Waals surface area contributed by atoms with Crippen molar-refractivity contribution in [2.45, 2.75) is 17.8 Å². The smallest absolute Gasteiger partial charge is 0.275 e. The quantitative estimate of drug-likeness (QED) is 0.500. The normalized spacial score (nSPS) is 11.3. The molecule has 10 heteroatoms. The topological polar surface area (TPSA) is 78.0 Å². The highest BCUT2D eigenvalue weighted by molar-refractivity contribution is 7.98. The predicted molar refractivity (Wildman–Crippen MR) is 97.8 cm³/mol. The molecule has 7 nitrogen and oxygen atoms in total. The van der Waals surface area contributed by atoms with Gasteiger partial charge in [0.2, 0.25) is 4.96 Å². The molecule has 0 aliphatic carbocycles. The number of aromatic nitrogens is 6. The van der Waals surface area contributed by atoms with Crippen LogP contribution in [0.3, 0.4) is 0 Å². The van der Waals surface area contributed by atoms with E-state index < -0.39 is 0 Å². The molecule has 0 unspecified atom stereocenters. The molecule has 1 aromatic carbocycles. The van der Waals surface area contributed by atoms with E-state index in [4.69, 9.17) is 0 Å². The van der Waals surface area contributed by atoms with E-state index in [2.05, 4.69) is 20.3 Å². The zero-order chi connectivity index (χ0) is 18.3. The Morgan fingerprint density at radius 2 is 2.00 bits per heavy atom. The Kier molecular flexibility index (Phi) is 4.29. The third-order valence-corrected chi connectivity index (χ3v) is 5.80. The molecule has 4 aromatic rings. The molecule has 4 rings (SSSR count). The van der Waals surface area contributed by atoms with Crippen molar-refractivity contribution in [1.29, 1.82) is 0 Å². The average molecular weight is 388 g/mol. The van der Waals surface area contributed by atoms with Gasteiger partial charge in [0.25, 0.3) is 5.56 Å². The Balaban J connectivity index is 1.56. The fourth-order valence-corrected chi connectivity index (χ4v) is 4.28. The van der Waals surface area contributed by atoms with Gasteiger partial charge in [0.1, 0.15) is 10.8 Å². The van der Waals surface area contributed by atoms with E-state index in [1.165, 1.54) is 45.8 Å². The molecule has 0 atom stereocenters. The van der Waals surface area contributed by atoms with Crippen LogP contribution in [-0.2, 0) is 12.8 Å². The van der Waals surface area contributed by atoms with Crippen LogP contribution in [0.4, 0.5) is 4.39 Å². The summed E-state index contributed by atoms with van der Waals surface area (Å²) >= 11 is 2.84. The molecule has 0 radical (unpaired) electrons. The van der Waals surface area contributed by atoms with E-state index in [0.717, 1.165) is 10.6 Å². The van der Waals surface area contributed by atoms with Gasteiger partial charge in [-0.1, -0.05) is 23.1 Å².